The van der Waals surface area contributed by atoms with Crippen LogP contribution < -0.4 is 14.9 Å². The molecule has 1 aliphatic rings. The molecule has 8 heteroatoms. The second-order valence-corrected chi connectivity index (χ2v) is 8.84. The standard InChI is InChI=1S/C20H26N4O3S/c1-23-10-12-24(13-11-23)19-8-6-16(7-9-19)15-21-20(25)17-4-3-5-18(14-17)22-28(2,26)27/h3-9,14,22H,10-13,15H2,1-2H3,(H,21,25). The van der Waals surface area contributed by atoms with Crippen molar-refractivity contribution in [2.75, 3.05) is 49.1 Å². The zero-order valence-corrected chi connectivity index (χ0v) is 17.0. The first-order chi connectivity index (χ1) is 13.3. The molecule has 1 amide bonds. The van der Waals surface area contributed by atoms with E-state index in [9.17, 15) is 13.2 Å². The van der Waals surface area contributed by atoms with Crippen molar-refractivity contribution in [2.45, 2.75) is 6.54 Å². The molecule has 0 radical (unpaired) electrons. The molecule has 0 spiro atoms. The predicted octanol–water partition coefficient (Wildman–Crippen LogP) is 1.74. The second kappa shape index (κ2) is 8.62. The van der Waals surface area contributed by atoms with Gasteiger partial charge in [0.15, 0.2) is 0 Å². The van der Waals surface area contributed by atoms with Gasteiger partial charge in [0.25, 0.3) is 5.91 Å². The van der Waals surface area contributed by atoms with E-state index in [1.807, 2.05) is 12.1 Å². The number of amides is 1. The third kappa shape index (κ3) is 5.71. The van der Waals surface area contributed by atoms with Crippen LogP contribution in [0.3, 0.4) is 0 Å². The highest BCUT2D eigenvalue weighted by molar-refractivity contribution is 7.92. The molecule has 0 atom stereocenters. The second-order valence-electron chi connectivity index (χ2n) is 7.09. The fourth-order valence-corrected chi connectivity index (χ4v) is 3.67. The van der Waals surface area contributed by atoms with Gasteiger partial charge in [-0.2, -0.15) is 0 Å². The topological polar surface area (TPSA) is 81.8 Å². The zero-order valence-electron chi connectivity index (χ0n) is 16.2. The molecule has 7 nitrogen and oxygen atoms in total. The summed E-state index contributed by atoms with van der Waals surface area (Å²) in [6, 6.07) is 14.6. The number of nitrogens with one attached hydrogen (secondary N) is 2. The largest absolute Gasteiger partial charge is 0.369 e. The van der Waals surface area contributed by atoms with Gasteiger partial charge in [-0.05, 0) is 42.9 Å². The van der Waals surface area contributed by atoms with Gasteiger partial charge >= 0.3 is 0 Å². The fraction of sp³-hybridized carbons (Fsp3) is 0.350. The molecule has 3 rings (SSSR count). The number of nitrogens with zero attached hydrogens (tertiary/aromatic N) is 2. The molecule has 2 N–H and O–H groups in total. The first kappa shape index (κ1) is 20.2. The number of anilines is 2. The molecule has 1 aliphatic heterocycles. The Kier molecular flexibility index (Phi) is 6.21. The normalized spacial score (nSPS) is 15.3. The Morgan fingerprint density at radius 3 is 2.36 bits per heavy atom. The molecule has 0 saturated carbocycles. The van der Waals surface area contributed by atoms with E-state index >= 15 is 0 Å². The Labute approximate surface area is 166 Å². The van der Waals surface area contributed by atoms with Crippen LogP contribution in [0.25, 0.3) is 0 Å². The molecule has 1 saturated heterocycles. The number of hydrogen-bond donors (Lipinski definition) is 2. The lowest BCUT2D eigenvalue weighted by atomic mass is 10.1. The molecule has 0 unspecified atom stereocenters. The average molecular weight is 403 g/mol. The van der Waals surface area contributed by atoms with E-state index in [1.54, 1.807) is 18.2 Å². The minimum atomic E-state index is -3.38. The maximum absolute atomic E-state index is 12.4. The van der Waals surface area contributed by atoms with Gasteiger partial charge in [-0.3, -0.25) is 9.52 Å². The van der Waals surface area contributed by atoms with Gasteiger partial charge < -0.3 is 15.1 Å². The van der Waals surface area contributed by atoms with Gasteiger partial charge in [-0.1, -0.05) is 18.2 Å². The number of sulfonamides is 1. The number of likely N-dealkylation sites (N-methyl/N-ethyl adjacent to an activating group) is 1. The number of benzene rings is 2. The number of carbonyl (C=O) groups excluding carboxylic acids is 1. The van der Waals surface area contributed by atoms with Gasteiger partial charge in [0, 0.05) is 49.7 Å². The van der Waals surface area contributed by atoms with E-state index in [2.05, 4.69) is 39.0 Å². The van der Waals surface area contributed by atoms with Crippen molar-refractivity contribution in [3.05, 3.63) is 59.7 Å². The summed E-state index contributed by atoms with van der Waals surface area (Å²) < 4.78 is 25.0. The monoisotopic (exact) mass is 402 g/mol. The fourth-order valence-electron chi connectivity index (χ4n) is 3.11. The highest BCUT2D eigenvalue weighted by Gasteiger charge is 2.14. The summed E-state index contributed by atoms with van der Waals surface area (Å²) in [6.45, 7) is 4.57. The molecule has 2 aromatic carbocycles. The third-order valence-electron chi connectivity index (χ3n) is 4.69. The van der Waals surface area contributed by atoms with E-state index in [-0.39, 0.29) is 5.91 Å². The van der Waals surface area contributed by atoms with Gasteiger partial charge in [-0.15, -0.1) is 0 Å². The Morgan fingerprint density at radius 2 is 1.71 bits per heavy atom. The van der Waals surface area contributed by atoms with Crippen molar-refractivity contribution < 1.29 is 13.2 Å². The van der Waals surface area contributed by atoms with Crippen molar-refractivity contribution in [2.24, 2.45) is 0 Å². The van der Waals surface area contributed by atoms with Crippen molar-refractivity contribution >= 4 is 27.3 Å². The molecular weight excluding hydrogens is 376 g/mol. The van der Waals surface area contributed by atoms with Crippen LogP contribution in [0.5, 0.6) is 0 Å². The molecule has 1 fully saturated rings. The molecule has 0 bridgehead atoms. The Balaban J connectivity index is 1.56. The summed E-state index contributed by atoms with van der Waals surface area (Å²) in [5.41, 5.74) is 2.98. The average Bonchev–Trinajstić information content (AvgIpc) is 2.66. The first-order valence-corrected chi connectivity index (χ1v) is 11.1. The molecule has 0 aromatic heterocycles. The van der Waals surface area contributed by atoms with E-state index in [0.29, 0.717) is 17.8 Å². The van der Waals surface area contributed by atoms with E-state index in [1.165, 1.54) is 11.8 Å². The summed E-state index contributed by atoms with van der Waals surface area (Å²) in [6.07, 6.45) is 1.07. The van der Waals surface area contributed by atoms with Crippen LogP contribution in [0.4, 0.5) is 11.4 Å². The lowest BCUT2D eigenvalue weighted by molar-refractivity contribution is 0.0951. The van der Waals surface area contributed by atoms with Gasteiger partial charge in [-0.25, -0.2) is 8.42 Å². The van der Waals surface area contributed by atoms with Crippen molar-refractivity contribution in [3.8, 4) is 0 Å². The van der Waals surface area contributed by atoms with E-state index in [0.717, 1.165) is 38.0 Å². The molecular formula is C20H26N4O3S. The number of piperazine rings is 1. The number of hydrogen-bond acceptors (Lipinski definition) is 5. The highest BCUT2D eigenvalue weighted by Crippen LogP contribution is 2.17. The van der Waals surface area contributed by atoms with Gasteiger partial charge in [0.1, 0.15) is 0 Å². The van der Waals surface area contributed by atoms with Crippen LogP contribution in [0.2, 0.25) is 0 Å². The quantitative estimate of drug-likeness (QED) is 0.769. The summed E-state index contributed by atoms with van der Waals surface area (Å²) in [4.78, 5) is 17.1. The van der Waals surface area contributed by atoms with Crippen molar-refractivity contribution in [1.82, 2.24) is 10.2 Å². The Morgan fingerprint density at radius 1 is 1.04 bits per heavy atom. The molecule has 1 heterocycles. The highest BCUT2D eigenvalue weighted by atomic mass is 32.2. The molecule has 0 aliphatic carbocycles. The molecule has 150 valence electrons. The van der Waals surface area contributed by atoms with E-state index < -0.39 is 10.0 Å². The van der Waals surface area contributed by atoms with Gasteiger partial charge in [0.2, 0.25) is 10.0 Å². The summed E-state index contributed by atoms with van der Waals surface area (Å²) in [5, 5.41) is 2.87. The predicted molar refractivity (Wildman–Crippen MR) is 112 cm³/mol. The molecule has 28 heavy (non-hydrogen) atoms. The van der Waals surface area contributed by atoms with Crippen LogP contribution >= 0.6 is 0 Å². The summed E-state index contributed by atoms with van der Waals surface area (Å²) in [7, 11) is -1.24. The third-order valence-corrected chi connectivity index (χ3v) is 5.29. The number of carbonyl (C=O) groups is 1. The van der Waals surface area contributed by atoms with Crippen LogP contribution in [0.1, 0.15) is 15.9 Å². The Bertz CT molecular complexity index is 921. The number of rotatable bonds is 6. The lowest BCUT2D eigenvalue weighted by Gasteiger charge is -2.34. The maximum atomic E-state index is 12.4. The van der Waals surface area contributed by atoms with Crippen LogP contribution in [0.15, 0.2) is 48.5 Å². The van der Waals surface area contributed by atoms with Crippen LogP contribution in [0, 0.1) is 0 Å². The van der Waals surface area contributed by atoms with Crippen LogP contribution in [-0.2, 0) is 16.6 Å². The summed E-state index contributed by atoms with van der Waals surface area (Å²) in [5.74, 6) is -0.250. The smallest absolute Gasteiger partial charge is 0.251 e. The van der Waals surface area contributed by atoms with Crippen LogP contribution in [-0.4, -0.2) is 58.7 Å². The minimum Gasteiger partial charge on any atom is -0.369 e. The zero-order chi connectivity index (χ0) is 20.1. The maximum Gasteiger partial charge on any atom is 0.251 e. The lowest BCUT2D eigenvalue weighted by Crippen LogP contribution is -2.44. The summed E-state index contributed by atoms with van der Waals surface area (Å²) >= 11 is 0. The van der Waals surface area contributed by atoms with E-state index in [4.69, 9.17) is 0 Å². The van der Waals surface area contributed by atoms with Crippen molar-refractivity contribution in [3.63, 3.8) is 0 Å². The minimum absolute atomic E-state index is 0.250. The van der Waals surface area contributed by atoms with Gasteiger partial charge in [0.05, 0.1) is 6.26 Å². The SMILES string of the molecule is CN1CCN(c2ccc(CNC(=O)c3cccc(NS(C)(=O)=O)c3)cc2)CC1. The molecule has 2 aromatic rings. The Hall–Kier alpha value is -2.58. The van der Waals surface area contributed by atoms with Crippen molar-refractivity contribution in [1.29, 1.82) is 0 Å². The first-order valence-electron chi connectivity index (χ1n) is 9.19.